The first kappa shape index (κ1) is 20.2. The first-order valence-corrected chi connectivity index (χ1v) is 8.89. The van der Waals surface area contributed by atoms with Gasteiger partial charge in [0.1, 0.15) is 13.2 Å². The number of rotatable bonds is 13. The van der Waals surface area contributed by atoms with Crippen molar-refractivity contribution in [3.63, 3.8) is 0 Å². The Labute approximate surface area is 131 Å². The number of ether oxygens (including phenoxy) is 1. The molecule has 0 spiro atoms. The van der Waals surface area contributed by atoms with Gasteiger partial charge in [-0.15, -0.1) is 0 Å². The molecule has 1 N–H and O–H groups in total. The summed E-state index contributed by atoms with van der Waals surface area (Å²) in [6, 6.07) is 0. The molecule has 0 fully saturated rings. The quantitative estimate of drug-likeness (QED) is 0.413. The van der Waals surface area contributed by atoms with Gasteiger partial charge in [-0.25, -0.2) is 4.79 Å². The highest BCUT2D eigenvalue weighted by Gasteiger charge is 2.20. The lowest BCUT2D eigenvalue weighted by Gasteiger charge is -2.35. The number of alkyl carbamates (subject to hydrolysis) is 1. The van der Waals surface area contributed by atoms with Crippen LogP contribution in [0.3, 0.4) is 0 Å². The maximum Gasteiger partial charge on any atom is 0.407 e. The molecule has 0 saturated heterocycles. The second-order valence-electron chi connectivity index (χ2n) is 5.84. The van der Waals surface area contributed by atoms with Crippen molar-refractivity contribution < 1.29 is 14.0 Å². The molecule has 1 amide bonds. The zero-order chi connectivity index (χ0) is 16.0. The van der Waals surface area contributed by atoms with Crippen molar-refractivity contribution >= 4 is 6.09 Å². The van der Waals surface area contributed by atoms with Gasteiger partial charge in [-0.05, 0) is 27.2 Å². The van der Waals surface area contributed by atoms with E-state index in [0.29, 0.717) is 6.61 Å². The third kappa shape index (κ3) is 9.72. The smallest absolute Gasteiger partial charge is 0.407 e. The van der Waals surface area contributed by atoms with E-state index in [1.54, 1.807) is 0 Å². The molecule has 0 aliphatic carbocycles. The molecule has 0 aromatic heterocycles. The molecular formula is C17H37N2O2+. The van der Waals surface area contributed by atoms with E-state index in [4.69, 9.17) is 4.74 Å². The average molecular weight is 301 g/mol. The lowest BCUT2D eigenvalue weighted by Crippen LogP contribution is -2.50. The second kappa shape index (κ2) is 12.9. The Bertz CT molecular complexity index is 245. The van der Waals surface area contributed by atoms with Crippen molar-refractivity contribution in [1.82, 2.24) is 5.32 Å². The number of amides is 1. The first-order chi connectivity index (χ1) is 10.1. The van der Waals surface area contributed by atoms with E-state index in [-0.39, 0.29) is 6.09 Å². The second-order valence-corrected chi connectivity index (χ2v) is 5.84. The minimum absolute atomic E-state index is 0.259. The Hall–Kier alpha value is -0.770. The fourth-order valence-corrected chi connectivity index (χ4v) is 2.62. The molecule has 0 aliphatic heterocycles. The minimum Gasteiger partial charge on any atom is -0.444 e. The lowest BCUT2D eigenvalue weighted by molar-refractivity contribution is -0.923. The third-order valence-electron chi connectivity index (χ3n) is 4.61. The summed E-state index contributed by atoms with van der Waals surface area (Å²) < 4.78 is 6.30. The number of carbonyl (C=O) groups excluding carboxylic acids is 1. The molecular weight excluding hydrogens is 264 g/mol. The van der Waals surface area contributed by atoms with Gasteiger partial charge >= 0.3 is 6.09 Å². The summed E-state index contributed by atoms with van der Waals surface area (Å²) in [7, 11) is 0. The summed E-state index contributed by atoms with van der Waals surface area (Å²) in [4.78, 5) is 11.6. The highest BCUT2D eigenvalue weighted by Crippen LogP contribution is 2.05. The number of hydrogen-bond acceptors (Lipinski definition) is 2. The molecule has 0 saturated carbocycles. The Morgan fingerprint density at radius 2 is 1.48 bits per heavy atom. The van der Waals surface area contributed by atoms with E-state index in [1.807, 2.05) is 0 Å². The molecule has 0 bridgehead atoms. The molecule has 21 heavy (non-hydrogen) atoms. The van der Waals surface area contributed by atoms with Gasteiger partial charge in [0.2, 0.25) is 0 Å². The van der Waals surface area contributed by atoms with Crippen LogP contribution in [-0.2, 0) is 4.74 Å². The maximum absolute atomic E-state index is 11.6. The van der Waals surface area contributed by atoms with Gasteiger partial charge in [0.05, 0.1) is 19.6 Å². The zero-order valence-corrected chi connectivity index (χ0v) is 14.7. The number of nitrogens with zero attached hydrogens (tertiary/aromatic N) is 1. The van der Waals surface area contributed by atoms with Gasteiger partial charge < -0.3 is 14.5 Å². The third-order valence-corrected chi connectivity index (χ3v) is 4.61. The molecule has 126 valence electrons. The summed E-state index contributed by atoms with van der Waals surface area (Å²) in [5.41, 5.74) is 0. The Kier molecular flexibility index (Phi) is 12.5. The van der Waals surface area contributed by atoms with E-state index in [1.165, 1.54) is 32.1 Å². The zero-order valence-electron chi connectivity index (χ0n) is 14.7. The summed E-state index contributed by atoms with van der Waals surface area (Å²) in [5, 5.41) is 2.85. The van der Waals surface area contributed by atoms with Crippen LogP contribution >= 0.6 is 0 Å². The molecule has 0 aliphatic rings. The number of likely N-dealkylation sites (N-methyl/N-ethyl adjacent to an activating group) is 1. The minimum atomic E-state index is -0.259. The van der Waals surface area contributed by atoms with E-state index >= 15 is 0 Å². The summed E-state index contributed by atoms with van der Waals surface area (Å²) >= 11 is 0. The number of nitrogens with one attached hydrogen (secondary N) is 1. The van der Waals surface area contributed by atoms with Gasteiger partial charge in [-0.1, -0.05) is 39.0 Å². The van der Waals surface area contributed by atoms with E-state index in [9.17, 15) is 4.79 Å². The van der Waals surface area contributed by atoms with Crippen molar-refractivity contribution in [2.45, 2.75) is 66.2 Å². The molecule has 4 nitrogen and oxygen atoms in total. The normalized spacial score (nSPS) is 11.4. The Balaban J connectivity index is 3.58. The van der Waals surface area contributed by atoms with Crippen molar-refractivity contribution in [2.24, 2.45) is 0 Å². The van der Waals surface area contributed by atoms with Crippen LogP contribution in [0.5, 0.6) is 0 Å². The Morgan fingerprint density at radius 1 is 0.905 bits per heavy atom. The van der Waals surface area contributed by atoms with Gasteiger partial charge in [0.15, 0.2) is 0 Å². The van der Waals surface area contributed by atoms with Crippen molar-refractivity contribution in [2.75, 3.05) is 39.3 Å². The van der Waals surface area contributed by atoms with E-state index < -0.39 is 0 Å². The molecule has 0 atom stereocenters. The summed E-state index contributed by atoms with van der Waals surface area (Å²) in [6.07, 6.45) is 7.17. The number of quaternary nitrogens is 1. The summed E-state index contributed by atoms with van der Waals surface area (Å²) in [6.45, 7) is 14.3. The maximum atomic E-state index is 11.6. The molecule has 0 radical (unpaired) electrons. The molecule has 4 heteroatoms. The van der Waals surface area contributed by atoms with Crippen LogP contribution in [0.15, 0.2) is 0 Å². The van der Waals surface area contributed by atoms with Crippen LogP contribution in [0.2, 0.25) is 0 Å². The molecule has 0 rings (SSSR count). The lowest BCUT2D eigenvalue weighted by atomic mass is 10.1. The highest BCUT2D eigenvalue weighted by atomic mass is 16.5. The Morgan fingerprint density at radius 3 is 2.05 bits per heavy atom. The fraction of sp³-hybridized carbons (Fsp3) is 0.941. The van der Waals surface area contributed by atoms with Crippen LogP contribution < -0.4 is 5.32 Å². The monoisotopic (exact) mass is 301 g/mol. The summed E-state index contributed by atoms with van der Waals surface area (Å²) in [5.74, 6) is 0. The van der Waals surface area contributed by atoms with Gasteiger partial charge in [0.25, 0.3) is 0 Å². The number of carbonyl (C=O) groups is 1. The van der Waals surface area contributed by atoms with E-state index in [0.717, 1.165) is 43.6 Å². The van der Waals surface area contributed by atoms with Crippen LogP contribution in [0, 0.1) is 0 Å². The van der Waals surface area contributed by atoms with Crippen molar-refractivity contribution in [1.29, 1.82) is 0 Å². The first-order valence-electron chi connectivity index (χ1n) is 8.89. The molecule has 0 aromatic carbocycles. The molecule has 0 aromatic rings. The fourth-order valence-electron chi connectivity index (χ4n) is 2.62. The van der Waals surface area contributed by atoms with Crippen LogP contribution in [0.25, 0.3) is 0 Å². The number of unbranched alkanes of at least 4 members (excludes halogenated alkanes) is 5. The van der Waals surface area contributed by atoms with Gasteiger partial charge in [-0.3, -0.25) is 0 Å². The van der Waals surface area contributed by atoms with Crippen molar-refractivity contribution in [3.05, 3.63) is 0 Å². The predicted octanol–water partition coefficient (Wildman–Crippen LogP) is 3.95. The molecule has 0 unspecified atom stereocenters. The average Bonchev–Trinajstić information content (AvgIpc) is 2.51. The van der Waals surface area contributed by atoms with Gasteiger partial charge in [-0.2, -0.15) is 0 Å². The van der Waals surface area contributed by atoms with Gasteiger partial charge in [0, 0.05) is 6.54 Å². The van der Waals surface area contributed by atoms with Crippen LogP contribution in [-0.4, -0.2) is 49.9 Å². The predicted molar refractivity (Wildman–Crippen MR) is 89.5 cm³/mol. The standard InChI is InChI=1S/C17H36N2O2/c1-5-9-10-11-12-13-14-18-17(20)21-16-15-19(6-2,7-3)8-4/h5-16H2,1-4H3/p+1. The number of hydrogen-bond donors (Lipinski definition) is 1. The highest BCUT2D eigenvalue weighted by molar-refractivity contribution is 5.66. The van der Waals surface area contributed by atoms with Crippen molar-refractivity contribution in [3.8, 4) is 0 Å². The SMILES string of the molecule is CCCCCCCCNC(=O)OCC[N+](CC)(CC)CC. The van der Waals surface area contributed by atoms with Crippen LogP contribution in [0.4, 0.5) is 4.79 Å². The topological polar surface area (TPSA) is 38.3 Å². The largest absolute Gasteiger partial charge is 0.444 e. The van der Waals surface area contributed by atoms with E-state index in [2.05, 4.69) is 33.0 Å². The van der Waals surface area contributed by atoms with Crippen LogP contribution in [0.1, 0.15) is 66.2 Å². The molecule has 0 heterocycles.